The highest BCUT2D eigenvalue weighted by Gasteiger charge is 2.27. The summed E-state index contributed by atoms with van der Waals surface area (Å²) < 4.78 is 5.70. The van der Waals surface area contributed by atoms with Crippen molar-refractivity contribution in [2.45, 2.75) is 26.2 Å². The summed E-state index contributed by atoms with van der Waals surface area (Å²) in [7, 11) is 0. The topological polar surface area (TPSA) is 51.5 Å². The zero-order valence-corrected chi connectivity index (χ0v) is 14.2. The Bertz CT molecular complexity index is 811. The molecule has 0 saturated carbocycles. The van der Waals surface area contributed by atoms with Crippen molar-refractivity contribution in [3.8, 4) is 0 Å². The van der Waals surface area contributed by atoms with Gasteiger partial charge in [0.05, 0.1) is 11.3 Å². The normalized spacial score (nSPS) is 17.5. The van der Waals surface area contributed by atoms with Gasteiger partial charge in [0.25, 0.3) is 0 Å². The highest BCUT2D eigenvalue weighted by atomic mass is 35.5. The summed E-state index contributed by atoms with van der Waals surface area (Å²) in [6, 6.07) is 11.0. The van der Waals surface area contributed by atoms with E-state index in [4.69, 9.17) is 16.3 Å². The molecular formula is C19H17ClN2O2. The van der Waals surface area contributed by atoms with E-state index in [0.717, 1.165) is 17.0 Å². The molecule has 5 heteroatoms. The molecule has 1 aliphatic heterocycles. The number of halogens is 1. The van der Waals surface area contributed by atoms with Crippen molar-refractivity contribution < 1.29 is 9.53 Å². The van der Waals surface area contributed by atoms with E-state index in [9.17, 15) is 4.79 Å². The van der Waals surface area contributed by atoms with Gasteiger partial charge in [0.2, 0.25) is 0 Å². The van der Waals surface area contributed by atoms with Gasteiger partial charge in [-0.25, -0.2) is 4.79 Å². The monoisotopic (exact) mass is 340 g/mol. The van der Waals surface area contributed by atoms with Crippen molar-refractivity contribution in [2.75, 3.05) is 0 Å². The quantitative estimate of drug-likeness (QED) is 0.756. The molecule has 3 rings (SSSR count). The van der Waals surface area contributed by atoms with Gasteiger partial charge in [-0.05, 0) is 50.1 Å². The molecule has 0 amide bonds. The van der Waals surface area contributed by atoms with E-state index in [1.54, 1.807) is 18.3 Å². The second-order valence-corrected chi connectivity index (χ2v) is 6.17. The first-order chi connectivity index (χ1) is 11.5. The van der Waals surface area contributed by atoms with Crippen LogP contribution in [-0.2, 0) is 4.74 Å². The molecular weight excluding hydrogens is 324 g/mol. The average Bonchev–Trinajstić information content (AvgIpc) is 2.58. The van der Waals surface area contributed by atoms with Crippen LogP contribution in [0.4, 0.5) is 0 Å². The van der Waals surface area contributed by atoms with Gasteiger partial charge >= 0.3 is 5.97 Å². The lowest BCUT2D eigenvalue weighted by Crippen LogP contribution is -2.18. The first-order valence-electron chi connectivity index (χ1n) is 7.67. The maximum absolute atomic E-state index is 12.4. The standard InChI is InChI=1S/C19H17ClN2O2/c1-12-10-17(14-5-7-16(20)8-6-14)18(13(2)22-12)24-19(23)15-4-3-9-21-11-15/h3-9,11,17H,10H2,1-2H3. The van der Waals surface area contributed by atoms with Crippen molar-refractivity contribution in [3.63, 3.8) is 0 Å². The van der Waals surface area contributed by atoms with Crippen molar-refractivity contribution in [2.24, 2.45) is 4.99 Å². The van der Waals surface area contributed by atoms with E-state index in [1.165, 1.54) is 6.20 Å². The van der Waals surface area contributed by atoms with Gasteiger partial charge in [-0.1, -0.05) is 23.7 Å². The van der Waals surface area contributed by atoms with Crippen LogP contribution in [0.3, 0.4) is 0 Å². The van der Waals surface area contributed by atoms with Crippen LogP contribution in [0.5, 0.6) is 0 Å². The number of nitrogens with zero attached hydrogens (tertiary/aromatic N) is 2. The predicted octanol–water partition coefficient (Wildman–Crippen LogP) is 4.77. The third kappa shape index (κ3) is 3.54. The number of esters is 1. The molecule has 1 aliphatic rings. The predicted molar refractivity (Wildman–Crippen MR) is 94.3 cm³/mol. The van der Waals surface area contributed by atoms with E-state index in [2.05, 4.69) is 9.98 Å². The molecule has 1 aromatic heterocycles. The highest BCUT2D eigenvalue weighted by Crippen LogP contribution is 2.36. The summed E-state index contributed by atoms with van der Waals surface area (Å²) in [4.78, 5) is 20.8. The number of hydrogen-bond donors (Lipinski definition) is 0. The fraction of sp³-hybridized carbons (Fsp3) is 0.211. The van der Waals surface area contributed by atoms with Crippen LogP contribution in [0.25, 0.3) is 0 Å². The van der Waals surface area contributed by atoms with E-state index in [-0.39, 0.29) is 5.92 Å². The second kappa shape index (κ2) is 6.97. The molecule has 0 radical (unpaired) electrons. The first kappa shape index (κ1) is 16.4. The van der Waals surface area contributed by atoms with Crippen LogP contribution in [0.1, 0.15) is 42.1 Å². The number of ether oxygens (including phenoxy) is 1. The molecule has 122 valence electrons. The summed E-state index contributed by atoms with van der Waals surface area (Å²) in [5, 5.41) is 0.676. The zero-order valence-electron chi connectivity index (χ0n) is 13.5. The van der Waals surface area contributed by atoms with E-state index < -0.39 is 5.97 Å². The van der Waals surface area contributed by atoms with Crippen molar-refractivity contribution in [1.29, 1.82) is 0 Å². The Morgan fingerprint density at radius 2 is 1.96 bits per heavy atom. The molecule has 1 unspecified atom stereocenters. The third-order valence-corrected chi connectivity index (χ3v) is 4.16. The average molecular weight is 341 g/mol. The lowest BCUT2D eigenvalue weighted by Gasteiger charge is -2.25. The second-order valence-electron chi connectivity index (χ2n) is 5.74. The lowest BCUT2D eigenvalue weighted by atomic mass is 9.89. The fourth-order valence-electron chi connectivity index (χ4n) is 2.78. The Kier molecular flexibility index (Phi) is 4.76. The fourth-order valence-corrected chi connectivity index (χ4v) is 2.90. The molecule has 4 nitrogen and oxygen atoms in total. The minimum absolute atomic E-state index is 0.0552. The minimum Gasteiger partial charge on any atom is -0.425 e. The maximum atomic E-state index is 12.4. The van der Waals surface area contributed by atoms with Gasteiger partial charge in [0.1, 0.15) is 5.76 Å². The van der Waals surface area contributed by atoms with Crippen molar-refractivity contribution >= 4 is 23.3 Å². The number of benzene rings is 1. The van der Waals surface area contributed by atoms with Gasteiger partial charge in [-0.2, -0.15) is 0 Å². The minimum atomic E-state index is -0.425. The maximum Gasteiger partial charge on any atom is 0.344 e. The molecule has 24 heavy (non-hydrogen) atoms. The van der Waals surface area contributed by atoms with Crippen LogP contribution < -0.4 is 0 Å². The van der Waals surface area contributed by atoms with Gasteiger partial charge in [-0.15, -0.1) is 0 Å². The number of carbonyl (C=O) groups excluding carboxylic acids is 1. The smallest absolute Gasteiger partial charge is 0.344 e. The van der Waals surface area contributed by atoms with E-state index in [0.29, 0.717) is 22.8 Å². The van der Waals surface area contributed by atoms with Crippen LogP contribution in [-0.4, -0.2) is 16.7 Å². The molecule has 0 fully saturated rings. The van der Waals surface area contributed by atoms with Crippen molar-refractivity contribution in [1.82, 2.24) is 4.98 Å². The van der Waals surface area contributed by atoms with Crippen molar-refractivity contribution in [3.05, 3.63) is 76.4 Å². The van der Waals surface area contributed by atoms with Crippen LogP contribution >= 0.6 is 11.6 Å². The Hall–Kier alpha value is -2.46. The van der Waals surface area contributed by atoms with Crippen LogP contribution in [0.15, 0.2) is 65.2 Å². The third-order valence-electron chi connectivity index (χ3n) is 3.90. The molecule has 2 aromatic rings. The molecule has 0 aliphatic carbocycles. The summed E-state index contributed by atoms with van der Waals surface area (Å²) in [6.07, 6.45) is 3.81. The summed E-state index contributed by atoms with van der Waals surface area (Å²) in [6.45, 7) is 3.84. The zero-order chi connectivity index (χ0) is 17.1. The molecule has 0 N–H and O–H groups in total. The SMILES string of the molecule is CC1=NC(C)=C(OC(=O)c2cccnc2)C(c2ccc(Cl)cc2)C1. The lowest BCUT2D eigenvalue weighted by molar-refractivity contribution is 0.0598. The number of carbonyl (C=O) groups is 1. The molecule has 1 aromatic carbocycles. The van der Waals surface area contributed by atoms with Gasteiger partial charge in [0, 0.05) is 29.0 Å². The molecule has 0 spiro atoms. The molecule has 1 atom stereocenters. The summed E-state index contributed by atoms with van der Waals surface area (Å²) in [5.74, 6) is 0.100. The van der Waals surface area contributed by atoms with E-state index >= 15 is 0 Å². The molecule has 0 saturated heterocycles. The van der Waals surface area contributed by atoms with Crippen LogP contribution in [0, 0.1) is 0 Å². The molecule has 0 bridgehead atoms. The number of pyridine rings is 1. The van der Waals surface area contributed by atoms with E-state index in [1.807, 2.05) is 38.1 Å². The Morgan fingerprint density at radius 3 is 2.62 bits per heavy atom. The first-order valence-corrected chi connectivity index (χ1v) is 8.05. The van der Waals surface area contributed by atoms with Gasteiger partial charge in [0.15, 0.2) is 0 Å². The summed E-state index contributed by atoms with van der Waals surface area (Å²) >= 11 is 5.98. The number of aliphatic imine (C=N–C) groups is 1. The van der Waals surface area contributed by atoms with Gasteiger partial charge in [-0.3, -0.25) is 9.98 Å². The number of rotatable bonds is 3. The highest BCUT2D eigenvalue weighted by molar-refractivity contribution is 6.30. The number of hydrogen-bond acceptors (Lipinski definition) is 4. The van der Waals surface area contributed by atoms with Crippen LogP contribution in [0.2, 0.25) is 5.02 Å². The molecule has 2 heterocycles. The Balaban J connectivity index is 1.93. The number of aromatic nitrogens is 1. The van der Waals surface area contributed by atoms with Gasteiger partial charge < -0.3 is 4.74 Å². The Labute approximate surface area is 145 Å². The Morgan fingerprint density at radius 1 is 1.21 bits per heavy atom. The summed E-state index contributed by atoms with van der Waals surface area (Å²) in [5.41, 5.74) is 3.19. The number of allylic oxidation sites excluding steroid dienone is 2. The largest absolute Gasteiger partial charge is 0.425 e.